The van der Waals surface area contributed by atoms with Crippen molar-refractivity contribution in [2.75, 3.05) is 0 Å². The summed E-state index contributed by atoms with van der Waals surface area (Å²) in [6.07, 6.45) is 5.25. The molecule has 0 spiro atoms. The van der Waals surface area contributed by atoms with Gasteiger partial charge in [0.05, 0.1) is 6.61 Å². The third-order valence-electron chi connectivity index (χ3n) is 1.80. The van der Waals surface area contributed by atoms with E-state index in [4.69, 9.17) is 5.90 Å². The van der Waals surface area contributed by atoms with Crippen molar-refractivity contribution < 1.29 is 4.84 Å². The summed E-state index contributed by atoms with van der Waals surface area (Å²) in [5.41, 5.74) is 0.934. The van der Waals surface area contributed by atoms with Crippen molar-refractivity contribution in [3.05, 3.63) is 42.4 Å². The lowest BCUT2D eigenvalue weighted by atomic mass is 10.3. The molecule has 5 nitrogen and oxygen atoms in total. The van der Waals surface area contributed by atoms with E-state index >= 15 is 0 Å². The normalized spacial score (nSPS) is 10.4. The number of pyridine rings is 1. The van der Waals surface area contributed by atoms with Crippen LogP contribution in [0.2, 0.25) is 0 Å². The van der Waals surface area contributed by atoms with Crippen LogP contribution >= 0.6 is 0 Å². The van der Waals surface area contributed by atoms with Crippen LogP contribution in [0.1, 0.15) is 5.56 Å². The Kier molecular flexibility index (Phi) is 2.53. The lowest BCUT2D eigenvalue weighted by Crippen LogP contribution is -2.01. The first-order valence-electron chi connectivity index (χ1n) is 4.17. The van der Waals surface area contributed by atoms with E-state index < -0.39 is 0 Å². The third kappa shape index (κ3) is 1.78. The maximum Gasteiger partial charge on any atom is 0.153 e. The van der Waals surface area contributed by atoms with E-state index in [9.17, 15) is 0 Å². The molecule has 2 rings (SSSR count). The first-order chi connectivity index (χ1) is 6.90. The van der Waals surface area contributed by atoms with Gasteiger partial charge in [0.2, 0.25) is 0 Å². The predicted molar refractivity (Wildman–Crippen MR) is 50.3 cm³/mol. The van der Waals surface area contributed by atoms with Crippen LogP contribution in [0.15, 0.2) is 36.8 Å². The molecule has 2 aromatic heterocycles. The largest absolute Gasteiger partial charge is 0.300 e. The molecule has 0 atom stereocenters. The topological polar surface area (TPSA) is 66.0 Å². The summed E-state index contributed by atoms with van der Waals surface area (Å²) >= 11 is 0. The van der Waals surface area contributed by atoms with Crippen molar-refractivity contribution in [2.24, 2.45) is 5.90 Å². The van der Waals surface area contributed by atoms with E-state index in [1.807, 2.05) is 24.4 Å². The summed E-state index contributed by atoms with van der Waals surface area (Å²) < 4.78 is 1.69. The van der Waals surface area contributed by atoms with E-state index in [0.717, 1.165) is 11.4 Å². The highest BCUT2D eigenvalue weighted by atomic mass is 16.6. The highest BCUT2D eigenvalue weighted by Crippen LogP contribution is 2.04. The van der Waals surface area contributed by atoms with E-state index in [2.05, 4.69) is 14.9 Å². The first-order valence-corrected chi connectivity index (χ1v) is 4.17. The molecule has 2 heterocycles. The molecular formula is C9H10N4O. The summed E-state index contributed by atoms with van der Waals surface area (Å²) in [5.74, 6) is 5.72. The molecule has 0 unspecified atom stereocenters. The number of nitrogens with zero attached hydrogens (tertiary/aromatic N) is 3. The van der Waals surface area contributed by atoms with Crippen LogP contribution in [0.4, 0.5) is 0 Å². The minimum atomic E-state index is 0.367. The molecule has 72 valence electrons. The zero-order chi connectivity index (χ0) is 9.80. The molecule has 5 heteroatoms. The standard InChI is InChI=1S/C9H10N4O/c10-14-7-8-2-3-9(11-6-8)13-5-1-4-12-13/h1-6H,7,10H2. The van der Waals surface area contributed by atoms with E-state index in [1.165, 1.54) is 0 Å². The number of hydrogen-bond donors (Lipinski definition) is 1. The monoisotopic (exact) mass is 190 g/mol. The second-order valence-corrected chi connectivity index (χ2v) is 2.79. The SMILES string of the molecule is NOCc1ccc(-n2cccn2)nc1. The summed E-state index contributed by atoms with van der Waals surface area (Å²) in [6.45, 7) is 0.367. The molecule has 0 aromatic carbocycles. The van der Waals surface area contributed by atoms with E-state index in [0.29, 0.717) is 6.61 Å². The van der Waals surface area contributed by atoms with Crippen LogP contribution in [0.3, 0.4) is 0 Å². The van der Waals surface area contributed by atoms with Crippen LogP contribution < -0.4 is 5.90 Å². The molecular weight excluding hydrogens is 180 g/mol. The summed E-state index contributed by atoms with van der Waals surface area (Å²) in [6, 6.07) is 5.61. The smallest absolute Gasteiger partial charge is 0.153 e. The van der Waals surface area contributed by atoms with Gasteiger partial charge in [0.25, 0.3) is 0 Å². The molecule has 0 fully saturated rings. The Morgan fingerprint density at radius 3 is 2.93 bits per heavy atom. The van der Waals surface area contributed by atoms with Crippen LogP contribution in [0.5, 0.6) is 0 Å². The van der Waals surface area contributed by atoms with Crippen molar-refractivity contribution in [3.8, 4) is 5.82 Å². The molecule has 14 heavy (non-hydrogen) atoms. The molecule has 0 aliphatic carbocycles. The fraction of sp³-hybridized carbons (Fsp3) is 0.111. The van der Waals surface area contributed by atoms with Crippen molar-refractivity contribution in [3.63, 3.8) is 0 Å². The van der Waals surface area contributed by atoms with Gasteiger partial charge < -0.3 is 0 Å². The molecule has 2 N–H and O–H groups in total. The van der Waals surface area contributed by atoms with Gasteiger partial charge in [-0.15, -0.1) is 0 Å². The fourth-order valence-corrected chi connectivity index (χ4v) is 1.14. The first kappa shape index (κ1) is 8.86. The molecule has 0 saturated heterocycles. The predicted octanol–water partition coefficient (Wildman–Crippen LogP) is 0.658. The van der Waals surface area contributed by atoms with E-state index in [1.54, 1.807) is 17.1 Å². The average Bonchev–Trinajstić information content (AvgIpc) is 2.72. The van der Waals surface area contributed by atoms with Gasteiger partial charge in [-0.3, -0.25) is 4.84 Å². The summed E-state index contributed by atoms with van der Waals surface area (Å²) in [7, 11) is 0. The second-order valence-electron chi connectivity index (χ2n) is 2.79. The zero-order valence-electron chi connectivity index (χ0n) is 7.50. The number of hydrogen-bond acceptors (Lipinski definition) is 4. The zero-order valence-corrected chi connectivity index (χ0v) is 7.50. The van der Waals surface area contributed by atoms with Crippen LogP contribution in [0, 0.1) is 0 Å². The lowest BCUT2D eigenvalue weighted by Gasteiger charge is -2.01. The maximum absolute atomic E-state index is 4.95. The summed E-state index contributed by atoms with van der Waals surface area (Å²) in [4.78, 5) is 8.70. The maximum atomic E-state index is 4.95. The lowest BCUT2D eigenvalue weighted by molar-refractivity contribution is 0.124. The van der Waals surface area contributed by atoms with Crippen molar-refractivity contribution >= 4 is 0 Å². The Bertz CT molecular complexity index is 382. The van der Waals surface area contributed by atoms with Crippen LogP contribution in [0.25, 0.3) is 5.82 Å². The van der Waals surface area contributed by atoms with Crippen molar-refractivity contribution in [1.29, 1.82) is 0 Å². The molecule has 0 aliphatic heterocycles. The van der Waals surface area contributed by atoms with Crippen molar-refractivity contribution in [1.82, 2.24) is 14.8 Å². The molecule has 0 amide bonds. The van der Waals surface area contributed by atoms with Gasteiger partial charge in [0, 0.05) is 18.6 Å². The van der Waals surface area contributed by atoms with Gasteiger partial charge in [-0.25, -0.2) is 15.6 Å². The third-order valence-corrected chi connectivity index (χ3v) is 1.80. The van der Waals surface area contributed by atoms with Crippen LogP contribution in [-0.2, 0) is 11.4 Å². The quantitative estimate of drug-likeness (QED) is 0.722. The Hall–Kier alpha value is -1.72. The molecule has 0 bridgehead atoms. The fourth-order valence-electron chi connectivity index (χ4n) is 1.14. The Morgan fingerprint density at radius 2 is 2.36 bits per heavy atom. The van der Waals surface area contributed by atoms with Gasteiger partial charge in [0.1, 0.15) is 0 Å². The summed E-state index contributed by atoms with van der Waals surface area (Å²) in [5, 5.41) is 4.06. The van der Waals surface area contributed by atoms with Gasteiger partial charge in [-0.1, -0.05) is 6.07 Å². The van der Waals surface area contributed by atoms with Gasteiger partial charge >= 0.3 is 0 Å². The van der Waals surface area contributed by atoms with Crippen LogP contribution in [-0.4, -0.2) is 14.8 Å². The minimum Gasteiger partial charge on any atom is -0.300 e. The molecule has 2 aromatic rings. The van der Waals surface area contributed by atoms with Gasteiger partial charge in [-0.2, -0.15) is 5.10 Å². The second kappa shape index (κ2) is 3.99. The average molecular weight is 190 g/mol. The highest BCUT2D eigenvalue weighted by molar-refractivity contribution is 5.23. The van der Waals surface area contributed by atoms with Gasteiger partial charge in [-0.05, 0) is 17.7 Å². The molecule has 0 saturated carbocycles. The number of aromatic nitrogens is 3. The van der Waals surface area contributed by atoms with Gasteiger partial charge in [0.15, 0.2) is 5.82 Å². The highest BCUT2D eigenvalue weighted by Gasteiger charge is 1.97. The number of nitrogens with two attached hydrogens (primary N) is 1. The van der Waals surface area contributed by atoms with Crippen molar-refractivity contribution in [2.45, 2.75) is 6.61 Å². The Morgan fingerprint density at radius 1 is 1.43 bits per heavy atom. The molecule has 0 aliphatic rings. The Labute approximate surface area is 81.1 Å². The number of rotatable bonds is 3. The molecule has 0 radical (unpaired) electrons. The van der Waals surface area contributed by atoms with E-state index in [-0.39, 0.29) is 0 Å². The minimum absolute atomic E-state index is 0.367. The Balaban J connectivity index is 2.22.